The second-order valence-electron chi connectivity index (χ2n) is 4.09. The predicted molar refractivity (Wildman–Crippen MR) is 73.6 cm³/mol. The first-order valence-electron chi connectivity index (χ1n) is 6.01. The average Bonchev–Trinajstić information content (AvgIpc) is 2.69. The topological polar surface area (TPSA) is 59.8 Å². The molecule has 1 heterocycles. The van der Waals surface area contributed by atoms with Crippen molar-refractivity contribution in [1.29, 1.82) is 0 Å². The minimum absolute atomic E-state index is 0.0279. The summed E-state index contributed by atoms with van der Waals surface area (Å²) >= 11 is 1.40. The maximum Gasteiger partial charge on any atom is 0.230 e. The molecule has 6 heteroatoms. The molecule has 18 heavy (non-hydrogen) atoms. The van der Waals surface area contributed by atoms with Crippen molar-refractivity contribution in [3.05, 3.63) is 18.5 Å². The Morgan fingerprint density at radius 2 is 2.33 bits per heavy atom. The van der Waals surface area contributed by atoms with Crippen LogP contribution in [0.1, 0.15) is 26.1 Å². The summed E-state index contributed by atoms with van der Waals surface area (Å²) in [6, 6.07) is 0.214. The molecule has 0 bridgehead atoms. The molecule has 1 amide bonds. The van der Waals surface area contributed by atoms with Gasteiger partial charge in [0.2, 0.25) is 5.91 Å². The number of rotatable bonds is 7. The van der Waals surface area contributed by atoms with Crippen LogP contribution in [-0.2, 0) is 11.3 Å². The number of amides is 1. The number of hydrogen-bond acceptors (Lipinski definition) is 4. The van der Waals surface area contributed by atoms with Gasteiger partial charge < -0.3 is 9.88 Å². The van der Waals surface area contributed by atoms with Crippen LogP contribution in [0, 0.1) is 6.92 Å². The molecule has 1 unspecified atom stereocenters. The summed E-state index contributed by atoms with van der Waals surface area (Å²) in [5.41, 5.74) is 0. The van der Waals surface area contributed by atoms with E-state index in [1.54, 1.807) is 6.08 Å². The number of aromatic nitrogens is 3. The van der Waals surface area contributed by atoms with Crippen LogP contribution >= 0.6 is 11.8 Å². The number of nitrogens with zero attached hydrogens (tertiary/aromatic N) is 3. The molecule has 1 rings (SSSR count). The van der Waals surface area contributed by atoms with E-state index < -0.39 is 0 Å². The standard InChI is InChI=1S/C12H20N4OS/c1-5-7-16-10(4)14-15-12(16)18-8-11(17)13-9(3)6-2/h5,9H,1,6-8H2,2-4H3,(H,13,17). The first kappa shape index (κ1) is 14.8. The molecule has 1 atom stereocenters. The second kappa shape index (κ2) is 7.20. The second-order valence-corrected chi connectivity index (χ2v) is 5.04. The highest BCUT2D eigenvalue weighted by molar-refractivity contribution is 7.99. The first-order valence-corrected chi connectivity index (χ1v) is 6.99. The van der Waals surface area contributed by atoms with Crippen LogP contribution in [-0.4, -0.2) is 32.5 Å². The zero-order chi connectivity index (χ0) is 13.5. The summed E-state index contributed by atoms with van der Waals surface area (Å²) in [4.78, 5) is 11.7. The molecule has 0 saturated carbocycles. The lowest BCUT2D eigenvalue weighted by Gasteiger charge is -2.11. The zero-order valence-electron chi connectivity index (χ0n) is 11.1. The molecule has 1 aromatic rings. The molecule has 100 valence electrons. The van der Waals surface area contributed by atoms with E-state index in [1.165, 1.54) is 11.8 Å². The monoisotopic (exact) mass is 268 g/mol. The quantitative estimate of drug-likeness (QED) is 0.605. The van der Waals surface area contributed by atoms with Crippen LogP contribution in [0.25, 0.3) is 0 Å². The van der Waals surface area contributed by atoms with E-state index in [4.69, 9.17) is 0 Å². The molecule has 0 saturated heterocycles. The van der Waals surface area contributed by atoms with E-state index in [0.717, 1.165) is 17.4 Å². The highest BCUT2D eigenvalue weighted by Gasteiger charge is 2.11. The minimum atomic E-state index is 0.0279. The molecule has 0 radical (unpaired) electrons. The summed E-state index contributed by atoms with van der Waals surface area (Å²) in [6.07, 6.45) is 2.72. The SMILES string of the molecule is C=CCn1c(C)nnc1SCC(=O)NC(C)CC. The molecule has 5 nitrogen and oxygen atoms in total. The van der Waals surface area contributed by atoms with Crippen molar-refractivity contribution < 1.29 is 4.79 Å². The molecule has 0 aliphatic heterocycles. The van der Waals surface area contributed by atoms with Crippen molar-refractivity contribution in [3.63, 3.8) is 0 Å². The fourth-order valence-electron chi connectivity index (χ4n) is 1.36. The number of hydrogen-bond donors (Lipinski definition) is 1. The Balaban J connectivity index is 2.53. The van der Waals surface area contributed by atoms with Crippen molar-refractivity contribution in [2.24, 2.45) is 0 Å². The molecular weight excluding hydrogens is 248 g/mol. The van der Waals surface area contributed by atoms with E-state index in [1.807, 2.05) is 25.3 Å². The van der Waals surface area contributed by atoms with Crippen LogP contribution in [0.4, 0.5) is 0 Å². The Labute approximate surface area is 112 Å². The minimum Gasteiger partial charge on any atom is -0.353 e. The van der Waals surface area contributed by atoms with E-state index in [9.17, 15) is 4.79 Å². The Morgan fingerprint density at radius 3 is 2.94 bits per heavy atom. The Kier molecular flexibility index (Phi) is 5.91. The molecule has 0 aliphatic carbocycles. The van der Waals surface area contributed by atoms with Gasteiger partial charge in [0.15, 0.2) is 5.16 Å². The first-order chi connectivity index (χ1) is 8.58. The number of carbonyl (C=O) groups excluding carboxylic acids is 1. The number of allylic oxidation sites excluding steroid dienone is 1. The maximum absolute atomic E-state index is 11.7. The molecule has 0 fully saturated rings. The van der Waals surface area contributed by atoms with Gasteiger partial charge in [0.25, 0.3) is 0 Å². The number of carbonyl (C=O) groups is 1. The van der Waals surface area contributed by atoms with E-state index >= 15 is 0 Å². The van der Waals surface area contributed by atoms with Crippen molar-refractivity contribution in [1.82, 2.24) is 20.1 Å². The van der Waals surface area contributed by atoms with Crippen LogP contribution < -0.4 is 5.32 Å². The van der Waals surface area contributed by atoms with Gasteiger partial charge in [-0.15, -0.1) is 16.8 Å². The number of aryl methyl sites for hydroxylation is 1. The number of thioether (sulfide) groups is 1. The normalized spacial score (nSPS) is 12.2. The maximum atomic E-state index is 11.7. The third-order valence-electron chi connectivity index (χ3n) is 2.57. The van der Waals surface area contributed by atoms with Gasteiger partial charge in [-0.3, -0.25) is 4.79 Å². The van der Waals surface area contributed by atoms with Crippen LogP contribution in [0.5, 0.6) is 0 Å². The molecule has 0 aliphatic rings. The lowest BCUT2D eigenvalue weighted by molar-refractivity contribution is -0.119. The Bertz CT molecular complexity index is 416. The van der Waals surface area contributed by atoms with Crippen LogP contribution in [0.15, 0.2) is 17.8 Å². The highest BCUT2D eigenvalue weighted by Crippen LogP contribution is 2.16. The summed E-state index contributed by atoms with van der Waals surface area (Å²) in [6.45, 7) is 10.3. The van der Waals surface area contributed by atoms with Gasteiger partial charge >= 0.3 is 0 Å². The highest BCUT2D eigenvalue weighted by atomic mass is 32.2. The molecule has 0 aromatic carbocycles. The fourth-order valence-corrected chi connectivity index (χ4v) is 2.16. The molecular formula is C12H20N4OS. The van der Waals surface area contributed by atoms with Gasteiger partial charge in [-0.05, 0) is 20.3 Å². The van der Waals surface area contributed by atoms with Crippen molar-refractivity contribution in [2.75, 3.05) is 5.75 Å². The third-order valence-corrected chi connectivity index (χ3v) is 3.53. The summed E-state index contributed by atoms with van der Waals surface area (Å²) in [5.74, 6) is 1.22. The number of nitrogens with one attached hydrogen (secondary N) is 1. The van der Waals surface area contributed by atoms with Gasteiger partial charge in [0.1, 0.15) is 5.82 Å². The van der Waals surface area contributed by atoms with Crippen molar-refractivity contribution in [2.45, 2.75) is 44.9 Å². The fraction of sp³-hybridized carbons (Fsp3) is 0.583. The largest absolute Gasteiger partial charge is 0.353 e. The Hall–Kier alpha value is -1.30. The van der Waals surface area contributed by atoms with E-state index in [-0.39, 0.29) is 11.9 Å². The predicted octanol–water partition coefficient (Wildman–Crippen LogP) is 1.78. The molecule has 1 aromatic heterocycles. The zero-order valence-corrected chi connectivity index (χ0v) is 12.0. The lowest BCUT2D eigenvalue weighted by atomic mass is 10.3. The Morgan fingerprint density at radius 1 is 1.61 bits per heavy atom. The third kappa shape index (κ3) is 4.18. The van der Waals surface area contributed by atoms with Crippen molar-refractivity contribution >= 4 is 17.7 Å². The van der Waals surface area contributed by atoms with E-state index in [2.05, 4.69) is 22.1 Å². The van der Waals surface area contributed by atoms with Gasteiger partial charge in [-0.25, -0.2) is 0 Å². The molecule has 0 spiro atoms. The van der Waals surface area contributed by atoms with Crippen LogP contribution in [0.2, 0.25) is 0 Å². The van der Waals surface area contributed by atoms with Crippen molar-refractivity contribution in [3.8, 4) is 0 Å². The van der Waals surface area contributed by atoms with E-state index in [0.29, 0.717) is 12.3 Å². The summed E-state index contributed by atoms with van der Waals surface area (Å²) < 4.78 is 1.94. The lowest BCUT2D eigenvalue weighted by Crippen LogP contribution is -2.33. The average molecular weight is 268 g/mol. The van der Waals surface area contributed by atoms with Crippen LogP contribution in [0.3, 0.4) is 0 Å². The van der Waals surface area contributed by atoms with Gasteiger partial charge in [0, 0.05) is 12.6 Å². The molecule has 1 N–H and O–H groups in total. The van der Waals surface area contributed by atoms with Gasteiger partial charge in [-0.1, -0.05) is 24.8 Å². The smallest absolute Gasteiger partial charge is 0.230 e. The summed E-state index contributed by atoms with van der Waals surface area (Å²) in [7, 11) is 0. The van der Waals surface area contributed by atoms with Gasteiger partial charge in [0.05, 0.1) is 5.75 Å². The van der Waals surface area contributed by atoms with Gasteiger partial charge in [-0.2, -0.15) is 0 Å². The summed E-state index contributed by atoms with van der Waals surface area (Å²) in [5, 5.41) is 11.7.